The third kappa shape index (κ3) is 3.64. The van der Waals surface area contributed by atoms with E-state index in [2.05, 4.69) is 10.3 Å². The summed E-state index contributed by atoms with van der Waals surface area (Å²) >= 11 is 6.25. The highest BCUT2D eigenvalue weighted by Gasteiger charge is 2.36. The van der Waals surface area contributed by atoms with Gasteiger partial charge in [-0.1, -0.05) is 29.8 Å². The Kier molecular flexibility index (Phi) is 5.11. The van der Waals surface area contributed by atoms with Crippen LogP contribution in [0.2, 0.25) is 5.02 Å². The van der Waals surface area contributed by atoms with Gasteiger partial charge < -0.3 is 10.4 Å². The number of nitrogens with one attached hydrogen (secondary N) is 1. The Bertz CT molecular complexity index is 827. The summed E-state index contributed by atoms with van der Waals surface area (Å²) in [5.41, 5.74) is 0.851. The number of aliphatic hydroxyl groups is 1. The SMILES string of the molecule is CC(CO)NC1=NCC(c2ccccc2Cl)=C2C=C(C(F)(F)F)C=CN12. The quantitative estimate of drug-likeness (QED) is 0.836. The Labute approximate surface area is 154 Å². The lowest BCUT2D eigenvalue weighted by molar-refractivity contribution is -0.0885. The van der Waals surface area contributed by atoms with Crippen molar-refractivity contribution < 1.29 is 18.3 Å². The summed E-state index contributed by atoms with van der Waals surface area (Å²) in [6.45, 7) is 1.79. The maximum absolute atomic E-state index is 13.2. The van der Waals surface area contributed by atoms with Gasteiger partial charge in [-0.05, 0) is 25.1 Å². The van der Waals surface area contributed by atoms with Gasteiger partial charge in [0, 0.05) is 28.4 Å². The molecule has 8 heteroatoms. The molecule has 0 radical (unpaired) electrons. The summed E-state index contributed by atoms with van der Waals surface area (Å²) in [5, 5.41) is 12.7. The number of benzene rings is 1. The largest absolute Gasteiger partial charge is 0.416 e. The summed E-state index contributed by atoms with van der Waals surface area (Å²) in [5.74, 6) is 0.381. The van der Waals surface area contributed by atoms with E-state index < -0.39 is 11.7 Å². The fourth-order valence-corrected chi connectivity index (χ4v) is 2.96. The van der Waals surface area contributed by atoms with Crippen molar-refractivity contribution in [2.24, 2.45) is 4.99 Å². The number of guanidine groups is 1. The fraction of sp³-hybridized carbons (Fsp3) is 0.278. The number of fused-ring (bicyclic) bond motifs is 1. The minimum absolute atomic E-state index is 0.128. The number of hydrogen-bond acceptors (Lipinski definition) is 4. The molecular weight excluding hydrogens is 367 g/mol. The summed E-state index contributed by atoms with van der Waals surface area (Å²) < 4.78 is 39.6. The van der Waals surface area contributed by atoms with Crippen LogP contribution in [0, 0.1) is 0 Å². The predicted molar refractivity (Wildman–Crippen MR) is 95.5 cm³/mol. The van der Waals surface area contributed by atoms with Crippen LogP contribution in [0.25, 0.3) is 5.57 Å². The number of allylic oxidation sites excluding steroid dienone is 3. The molecule has 1 aromatic carbocycles. The number of nitrogens with zero attached hydrogens (tertiary/aromatic N) is 2. The topological polar surface area (TPSA) is 47.9 Å². The van der Waals surface area contributed by atoms with E-state index in [4.69, 9.17) is 11.6 Å². The molecule has 0 saturated heterocycles. The number of alkyl halides is 3. The first-order valence-corrected chi connectivity index (χ1v) is 8.35. The van der Waals surface area contributed by atoms with E-state index in [1.807, 2.05) is 0 Å². The van der Waals surface area contributed by atoms with E-state index in [-0.39, 0.29) is 19.2 Å². The zero-order chi connectivity index (χ0) is 18.9. The maximum atomic E-state index is 13.2. The van der Waals surface area contributed by atoms with E-state index in [0.29, 0.717) is 27.8 Å². The Morgan fingerprint density at radius 2 is 2.08 bits per heavy atom. The molecule has 1 aromatic rings. The van der Waals surface area contributed by atoms with Crippen molar-refractivity contribution in [1.29, 1.82) is 0 Å². The van der Waals surface area contributed by atoms with Gasteiger partial charge in [0.2, 0.25) is 5.96 Å². The molecule has 0 spiro atoms. The first kappa shape index (κ1) is 18.5. The molecule has 0 amide bonds. The minimum atomic E-state index is -4.46. The van der Waals surface area contributed by atoms with Gasteiger partial charge in [-0.15, -0.1) is 0 Å². The number of hydrogen-bond donors (Lipinski definition) is 2. The van der Waals surface area contributed by atoms with Crippen molar-refractivity contribution in [2.45, 2.75) is 19.1 Å². The van der Waals surface area contributed by atoms with E-state index >= 15 is 0 Å². The molecule has 0 bridgehead atoms. The Balaban J connectivity index is 2.09. The maximum Gasteiger partial charge on any atom is 0.416 e. The second kappa shape index (κ2) is 7.17. The van der Waals surface area contributed by atoms with Crippen molar-refractivity contribution in [3.63, 3.8) is 0 Å². The molecule has 0 aliphatic carbocycles. The smallest absolute Gasteiger partial charge is 0.394 e. The summed E-state index contributed by atoms with van der Waals surface area (Å²) in [7, 11) is 0. The molecule has 2 aliphatic heterocycles. The Hall–Kier alpha value is -2.25. The van der Waals surface area contributed by atoms with Crippen LogP contribution < -0.4 is 5.32 Å². The lowest BCUT2D eigenvalue weighted by atomic mass is 9.98. The van der Waals surface area contributed by atoms with Gasteiger partial charge in [0.25, 0.3) is 0 Å². The van der Waals surface area contributed by atoms with Crippen LogP contribution in [-0.4, -0.2) is 41.3 Å². The van der Waals surface area contributed by atoms with E-state index in [0.717, 1.165) is 12.2 Å². The Morgan fingerprint density at radius 3 is 2.73 bits per heavy atom. The van der Waals surface area contributed by atoms with Gasteiger partial charge in [0.05, 0.1) is 24.4 Å². The number of rotatable bonds is 3. The standard InChI is InChI=1S/C18H17ClF3N3O/c1-11(10-26)24-17-23-9-14(13-4-2-3-5-15(13)19)16-8-12(18(20,21)22)6-7-25(16)17/h2-8,11,26H,9-10H2,1H3,(H,23,24). The predicted octanol–water partition coefficient (Wildman–Crippen LogP) is 3.71. The number of aliphatic hydroxyl groups excluding tert-OH is 1. The second-order valence-electron chi connectivity index (χ2n) is 5.99. The lowest BCUT2D eigenvalue weighted by Gasteiger charge is -2.34. The fourth-order valence-electron chi connectivity index (χ4n) is 2.72. The van der Waals surface area contributed by atoms with E-state index in [1.54, 1.807) is 36.1 Å². The summed E-state index contributed by atoms with van der Waals surface area (Å²) in [6, 6.07) is 6.68. The zero-order valence-electron chi connectivity index (χ0n) is 13.9. The lowest BCUT2D eigenvalue weighted by Crippen LogP contribution is -2.46. The average Bonchev–Trinajstić information content (AvgIpc) is 2.61. The highest BCUT2D eigenvalue weighted by atomic mass is 35.5. The molecule has 0 fully saturated rings. The zero-order valence-corrected chi connectivity index (χ0v) is 14.6. The molecular formula is C18H17ClF3N3O. The third-order valence-electron chi connectivity index (χ3n) is 4.05. The van der Waals surface area contributed by atoms with Crippen LogP contribution in [0.3, 0.4) is 0 Å². The molecule has 2 aliphatic rings. The van der Waals surface area contributed by atoms with E-state index in [9.17, 15) is 18.3 Å². The number of aliphatic imine (C=N–C) groups is 1. The average molecular weight is 384 g/mol. The van der Waals surface area contributed by atoms with Crippen molar-refractivity contribution in [2.75, 3.05) is 13.2 Å². The summed E-state index contributed by atoms with van der Waals surface area (Å²) in [6.07, 6.45) is -1.04. The highest BCUT2D eigenvalue weighted by molar-refractivity contribution is 6.32. The third-order valence-corrected chi connectivity index (χ3v) is 4.38. The van der Waals surface area contributed by atoms with E-state index in [1.165, 1.54) is 6.20 Å². The van der Waals surface area contributed by atoms with Crippen LogP contribution in [-0.2, 0) is 0 Å². The van der Waals surface area contributed by atoms with Crippen LogP contribution in [0.4, 0.5) is 13.2 Å². The molecule has 2 N–H and O–H groups in total. The highest BCUT2D eigenvalue weighted by Crippen LogP contribution is 2.37. The van der Waals surface area contributed by atoms with Crippen LogP contribution >= 0.6 is 11.6 Å². The summed E-state index contributed by atoms with van der Waals surface area (Å²) in [4.78, 5) is 5.98. The second-order valence-corrected chi connectivity index (χ2v) is 6.40. The minimum Gasteiger partial charge on any atom is -0.394 e. The molecule has 0 saturated carbocycles. The van der Waals surface area contributed by atoms with Gasteiger partial charge >= 0.3 is 6.18 Å². The van der Waals surface area contributed by atoms with Gasteiger partial charge in [-0.3, -0.25) is 4.90 Å². The molecule has 1 unspecified atom stereocenters. The molecule has 26 heavy (non-hydrogen) atoms. The molecule has 1 atom stereocenters. The molecule has 2 heterocycles. The first-order chi connectivity index (χ1) is 12.3. The molecule has 4 nitrogen and oxygen atoms in total. The van der Waals surface area contributed by atoms with Crippen LogP contribution in [0.15, 0.2) is 58.9 Å². The molecule has 3 rings (SSSR count). The van der Waals surface area contributed by atoms with Crippen molar-refractivity contribution in [3.8, 4) is 0 Å². The molecule has 0 aromatic heterocycles. The Morgan fingerprint density at radius 1 is 1.35 bits per heavy atom. The molecule has 138 valence electrons. The monoisotopic (exact) mass is 383 g/mol. The van der Waals surface area contributed by atoms with Crippen molar-refractivity contribution >= 4 is 23.1 Å². The normalized spacial score (nSPS) is 18.3. The van der Waals surface area contributed by atoms with Crippen molar-refractivity contribution in [1.82, 2.24) is 10.2 Å². The first-order valence-electron chi connectivity index (χ1n) is 7.97. The van der Waals surface area contributed by atoms with Crippen molar-refractivity contribution in [3.05, 3.63) is 64.5 Å². The van der Waals surface area contributed by atoms with Gasteiger partial charge in [-0.25, -0.2) is 4.99 Å². The van der Waals surface area contributed by atoms with Crippen LogP contribution in [0.1, 0.15) is 12.5 Å². The van der Waals surface area contributed by atoms with Gasteiger partial charge in [0.1, 0.15) is 0 Å². The van der Waals surface area contributed by atoms with Gasteiger partial charge in [0.15, 0.2) is 0 Å². The van der Waals surface area contributed by atoms with Crippen LogP contribution in [0.5, 0.6) is 0 Å². The number of halogens is 4. The van der Waals surface area contributed by atoms with Gasteiger partial charge in [-0.2, -0.15) is 13.2 Å².